The first kappa shape index (κ1) is 61.6. The molecule has 27 nitrogen and oxygen atoms in total. The normalized spacial score (nSPS) is 49.5. The Bertz CT molecular complexity index is 1970. The molecule has 0 aromatic rings. The summed E-state index contributed by atoms with van der Waals surface area (Å²) in [5.74, 6) is -3.44. The zero-order chi connectivity index (χ0) is 56.3. The number of carbonyl (C=O) groups is 2. The summed E-state index contributed by atoms with van der Waals surface area (Å²) in [7, 11) is 0. The van der Waals surface area contributed by atoms with E-state index in [-0.39, 0.29) is 50.4 Å². The summed E-state index contributed by atoms with van der Waals surface area (Å²) >= 11 is 0. The molecule has 0 spiro atoms. The van der Waals surface area contributed by atoms with E-state index in [1.165, 1.54) is 12.2 Å². The lowest BCUT2D eigenvalue weighted by Crippen LogP contribution is -2.64. The fourth-order valence-corrected chi connectivity index (χ4v) is 12.2. The summed E-state index contributed by atoms with van der Waals surface area (Å²) in [6, 6.07) is 0. The molecule has 4 saturated heterocycles. The molecule has 0 aromatic carbocycles. The lowest BCUT2D eigenvalue weighted by atomic mass is 9.72. The maximum absolute atomic E-state index is 12.7. The van der Waals surface area contributed by atoms with Crippen LogP contribution >= 0.6 is 0 Å². The molecular weight excluding hydrogens is 1040 g/mol. The van der Waals surface area contributed by atoms with Crippen LogP contribution < -0.4 is 0 Å². The van der Waals surface area contributed by atoms with Gasteiger partial charge in [-0.25, -0.2) is 9.59 Å². The number of rotatable bonds is 16. The minimum Gasteiger partial charge on any atom is -0.460 e. The van der Waals surface area contributed by atoms with E-state index in [1.54, 1.807) is 6.08 Å². The van der Waals surface area contributed by atoms with Crippen LogP contribution in [0.2, 0.25) is 0 Å². The van der Waals surface area contributed by atoms with Crippen LogP contribution in [-0.4, -0.2) is 273 Å². The van der Waals surface area contributed by atoms with E-state index in [0.29, 0.717) is 38.5 Å². The molecule has 4 aliphatic carbocycles. The van der Waals surface area contributed by atoms with Crippen LogP contribution in [0, 0.1) is 23.7 Å². The molecule has 8 aliphatic rings. The SMILES string of the molecule is O=C(C=CC1CCC(O)CC1)OCC1OC(OC2CC(C3OC4CC(O)CC(OC5OC(COC(=O)C=CC6CCC(O)C(O)C6)C(O)C(O)C5O)C4CC3OC3OC(CO)C(O)C(O)C3O)CC(O)C2O)C(O)C(O)C1O. The van der Waals surface area contributed by atoms with Gasteiger partial charge >= 0.3 is 11.9 Å². The van der Waals surface area contributed by atoms with Gasteiger partial charge in [-0.1, -0.05) is 12.2 Å². The van der Waals surface area contributed by atoms with Gasteiger partial charge in [-0.05, 0) is 88.4 Å². The van der Waals surface area contributed by atoms with E-state index in [0.717, 1.165) is 6.08 Å². The number of allylic oxidation sites excluding steroid dienone is 2. The lowest BCUT2D eigenvalue weighted by Gasteiger charge is -2.53. The molecule has 0 amide bonds. The van der Waals surface area contributed by atoms with Gasteiger partial charge in [-0.15, -0.1) is 0 Å². The summed E-state index contributed by atoms with van der Waals surface area (Å²) in [5, 5.41) is 172. The van der Waals surface area contributed by atoms with Crippen molar-refractivity contribution in [3.8, 4) is 0 Å². The molecule has 78 heavy (non-hydrogen) atoms. The van der Waals surface area contributed by atoms with Crippen LogP contribution in [0.4, 0.5) is 0 Å². The summed E-state index contributed by atoms with van der Waals surface area (Å²) in [6.07, 6.45) is -29.9. The highest BCUT2D eigenvalue weighted by Gasteiger charge is 2.56. The number of esters is 2. The van der Waals surface area contributed by atoms with Crippen LogP contribution in [-0.2, 0) is 52.2 Å². The highest BCUT2D eigenvalue weighted by atomic mass is 16.7. The molecule has 8 rings (SSSR count). The maximum atomic E-state index is 12.7. The number of ether oxygens (including phenoxy) is 9. The van der Waals surface area contributed by atoms with E-state index in [9.17, 15) is 91.3 Å². The number of hydrogen-bond acceptors (Lipinski definition) is 27. The fraction of sp³-hybridized carbons (Fsp3) is 0.882. The Labute approximate surface area is 449 Å². The van der Waals surface area contributed by atoms with Crippen molar-refractivity contribution in [1.82, 2.24) is 0 Å². The predicted molar refractivity (Wildman–Crippen MR) is 256 cm³/mol. The molecule has 4 saturated carbocycles. The molecule has 28 unspecified atom stereocenters. The van der Waals surface area contributed by atoms with Crippen LogP contribution in [0.5, 0.6) is 0 Å². The molecule has 4 heterocycles. The Kier molecular flexibility index (Phi) is 21.5. The highest BCUT2D eigenvalue weighted by Crippen LogP contribution is 2.46. The van der Waals surface area contributed by atoms with Crippen molar-refractivity contribution >= 4 is 11.9 Å². The van der Waals surface area contributed by atoms with Gasteiger partial charge in [0.15, 0.2) is 18.9 Å². The average molecular weight is 1130 g/mol. The smallest absolute Gasteiger partial charge is 0.330 e. The monoisotopic (exact) mass is 1120 g/mol. The van der Waals surface area contributed by atoms with Crippen LogP contribution in [0.3, 0.4) is 0 Å². The first-order chi connectivity index (χ1) is 37.1. The Morgan fingerprint density at radius 2 is 0.923 bits per heavy atom. The Hall–Kier alpha value is -2.50. The third-order valence-corrected chi connectivity index (χ3v) is 16.9. The molecule has 27 heteroatoms. The van der Waals surface area contributed by atoms with E-state index in [2.05, 4.69) is 0 Å². The Balaban J connectivity index is 0.960. The largest absolute Gasteiger partial charge is 0.460 e. The van der Waals surface area contributed by atoms with Crippen molar-refractivity contribution in [3.63, 3.8) is 0 Å². The minimum absolute atomic E-state index is 0.0116. The minimum atomic E-state index is -1.92. The number of fused-ring (bicyclic) bond motifs is 1. The van der Waals surface area contributed by atoms with Gasteiger partial charge in [0.1, 0.15) is 92.6 Å². The number of carbonyl (C=O) groups excluding carboxylic acids is 2. The van der Waals surface area contributed by atoms with Gasteiger partial charge in [0.2, 0.25) is 0 Å². The van der Waals surface area contributed by atoms with Crippen molar-refractivity contribution < 1.29 is 134 Å². The molecule has 0 aromatic heterocycles. The van der Waals surface area contributed by atoms with Crippen molar-refractivity contribution in [3.05, 3.63) is 24.3 Å². The lowest BCUT2D eigenvalue weighted by molar-refractivity contribution is -0.347. The van der Waals surface area contributed by atoms with Gasteiger partial charge < -0.3 is 124 Å². The van der Waals surface area contributed by atoms with Crippen molar-refractivity contribution in [2.45, 2.75) is 236 Å². The van der Waals surface area contributed by atoms with E-state index in [1.807, 2.05) is 0 Å². The molecule has 16 N–H and O–H groups in total. The molecule has 4 aliphatic heterocycles. The molecule has 446 valence electrons. The predicted octanol–water partition coefficient (Wildman–Crippen LogP) is -6.11. The van der Waals surface area contributed by atoms with Crippen LogP contribution in [0.15, 0.2) is 24.3 Å². The Morgan fingerprint density at radius 1 is 0.423 bits per heavy atom. The van der Waals surface area contributed by atoms with Crippen molar-refractivity contribution in [2.75, 3.05) is 19.8 Å². The zero-order valence-corrected chi connectivity index (χ0v) is 42.9. The summed E-state index contributed by atoms with van der Waals surface area (Å²) in [5.41, 5.74) is 0. The van der Waals surface area contributed by atoms with Crippen LogP contribution in [0.1, 0.15) is 77.0 Å². The quantitative estimate of drug-likeness (QED) is 0.0505. The third kappa shape index (κ3) is 14.6. The first-order valence-electron chi connectivity index (χ1n) is 27.2. The van der Waals surface area contributed by atoms with Crippen LogP contribution in [0.25, 0.3) is 0 Å². The Morgan fingerprint density at radius 3 is 1.47 bits per heavy atom. The van der Waals surface area contributed by atoms with Gasteiger partial charge in [-0.3, -0.25) is 0 Å². The van der Waals surface area contributed by atoms with Gasteiger partial charge in [0.25, 0.3) is 0 Å². The van der Waals surface area contributed by atoms with E-state index in [4.69, 9.17) is 42.6 Å². The maximum Gasteiger partial charge on any atom is 0.330 e. The number of aliphatic hydroxyl groups is 16. The zero-order valence-electron chi connectivity index (χ0n) is 42.9. The second-order valence-corrected chi connectivity index (χ2v) is 22.5. The number of aliphatic hydroxyl groups excluding tert-OH is 16. The van der Waals surface area contributed by atoms with E-state index >= 15 is 0 Å². The average Bonchev–Trinajstić information content (AvgIpc) is 3.41. The molecule has 0 radical (unpaired) electrons. The molecule has 28 atom stereocenters. The van der Waals surface area contributed by atoms with Crippen molar-refractivity contribution in [1.29, 1.82) is 0 Å². The molecule has 0 bridgehead atoms. The molecular formula is C51H80O27. The highest BCUT2D eigenvalue weighted by molar-refractivity contribution is 5.82. The standard InChI is InChI=1S/C51H80O27/c52-17-33-39(61)42(64)45(67)51(76-33)75-32-16-25-29(14-24(54)15-30(25)73-49-46(68)43(65)40(62)34(77-49)18-71-37(59)10-5-21-3-8-26(55)27(56)11-21)72-48(32)22-12-28(57)38(60)31(13-22)74-50-47(69)44(66)41(63)35(78-50)19-70-36(58)9-4-20-1-6-23(53)7-2-20/h4-5,9-10,20-35,38-57,60-69H,1-3,6-8,11-19H2. The first-order valence-corrected chi connectivity index (χ1v) is 27.2. The third-order valence-electron chi connectivity index (χ3n) is 16.9. The van der Waals surface area contributed by atoms with Crippen molar-refractivity contribution in [2.24, 2.45) is 23.7 Å². The summed E-state index contributed by atoms with van der Waals surface area (Å²) in [6.45, 7) is -2.00. The van der Waals surface area contributed by atoms with Gasteiger partial charge in [-0.2, -0.15) is 0 Å². The second kappa shape index (κ2) is 27.3. The van der Waals surface area contributed by atoms with Gasteiger partial charge in [0, 0.05) is 24.5 Å². The van der Waals surface area contributed by atoms with E-state index < -0.39 is 203 Å². The topological polar surface area (TPSA) is 441 Å². The summed E-state index contributed by atoms with van der Waals surface area (Å²) in [4.78, 5) is 25.4. The molecule has 8 fully saturated rings. The summed E-state index contributed by atoms with van der Waals surface area (Å²) < 4.78 is 53.5. The fourth-order valence-electron chi connectivity index (χ4n) is 12.2. The number of hydrogen-bond donors (Lipinski definition) is 16. The van der Waals surface area contributed by atoms with Gasteiger partial charge in [0.05, 0.1) is 67.6 Å². The second-order valence-electron chi connectivity index (χ2n) is 22.5.